The van der Waals surface area contributed by atoms with Gasteiger partial charge in [0.05, 0.1) is 12.6 Å². The smallest absolute Gasteiger partial charge is 0.128 e. The predicted molar refractivity (Wildman–Crippen MR) is 71.4 cm³/mol. The van der Waals surface area contributed by atoms with Gasteiger partial charge in [0.25, 0.3) is 0 Å². The zero-order valence-corrected chi connectivity index (χ0v) is 10.4. The molecular formula is C14H20N2O. The maximum Gasteiger partial charge on any atom is 0.128 e. The highest BCUT2D eigenvalue weighted by molar-refractivity contribution is 5.86. The molecule has 0 atom stereocenters. The summed E-state index contributed by atoms with van der Waals surface area (Å²) in [4.78, 5) is 0. The summed E-state index contributed by atoms with van der Waals surface area (Å²) in [5.74, 6) is 0.947. The minimum atomic E-state index is 0.792. The minimum absolute atomic E-state index is 0.792. The molecule has 1 aromatic heterocycles. The van der Waals surface area contributed by atoms with Crippen molar-refractivity contribution in [3.05, 3.63) is 30.5 Å². The molecule has 0 saturated heterocycles. The predicted octanol–water partition coefficient (Wildman–Crippen LogP) is 2.78. The fourth-order valence-corrected chi connectivity index (χ4v) is 2.17. The lowest BCUT2D eigenvalue weighted by Crippen LogP contribution is -2.00. The topological polar surface area (TPSA) is 40.2 Å². The molecule has 1 aromatic carbocycles. The highest BCUT2D eigenvalue weighted by Gasteiger charge is 2.04. The molecule has 3 heteroatoms. The van der Waals surface area contributed by atoms with E-state index in [9.17, 15) is 0 Å². The van der Waals surface area contributed by atoms with Gasteiger partial charge in [-0.1, -0.05) is 12.5 Å². The lowest BCUT2D eigenvalue weighted by Gasteiger charge is -2.06. The summed E-state index contributed by atoms with van der Waals surface area (Å²) >= 11 is 0. The third kappa shape index (κ3) is 2.61. The highest BCUT2D eigenvalue weighted by Crippen LogP contribution is 2.26. The number of ether oxygens (including phenoxy) is 1. The van der Waals surface area contributed by atoms with Crippen LogP contribution in [0.3, 0.4) is 0 Å². The first-order chi connectivity index (χ1) is 8.36. The number of fused-ring (bicyclic) bond motifs is 1. The molecule has 0 aliphatic heterocycles. The molecule has 0 radical (unpaired) electrons. The Kier molecular flexibility index (Phi) is 4.04. The number of aromatic nitrogens is 1. The molecule has 2 N–H and O–H groups in total. The Hall–Kier alpha value is -1.48. The van der Waals surface area contributed by atoms with E-state index in [0.29, 0.717) is 0 Å². The Morgan fingerprint density at radius 1 is 1.18 bits per heavy atom. The van der Waals surface area contributed by atoms with E-state index in [1.165, 1.54) is 23.7 Å². The van der Waals surface area contributed by atoms with Gasteiger partial charge >= 0.3 is 0 Å². The van der Waals surface area contributed by atoms with Crippen LogP contribution in [0.4, 0.5) is 0 Å². The number of unbranched alkanes of at least 4 members (excludes halogenated alkanes) is 2. The lowest BCUT2D eigenvalue weighted by atomic mass is 10.2. The first-order valence-corrected chi connectivity index (χ1v) is 6.18. The van der Waals surface area contributed by atoms with E-state index in [2.05, 4.69) is 22.9 Å². The van der Waals surface area contributed by atoms with Crippen molar-refractivity contribution in [2.24, 2.45) is 5.73 Å². The third-order valence-electron chi connectivity index (χ3n) is 3.10. The van der Waals surface area contributed by atoms with Crippen LogP contribution in [0.2, 0.25) is 0 Å². The molecule has 0 aliphatic rings. The SMILES string of the molecule is COc1cccc2c1ccn2CCCCCN. The van der Waals surface area contributed by atoms with Gasteiger partial charge in [-0.25, -0.2) is 0 Å². The highest BCUT2D eigenvalue weighted by atomic mass is 16.5. The van der Waals surface area contributed by atoms with Crippen molar-refractivity contribution in [1.82, 2.24) is 4.57 Å². The van der Waals surface area contributed by atoms with Crippen molar-refractivity contribution in [1.29, 1.82) is 0 Å². The number of hydrogen-bond donors (Lipinski definition) is 1. The van der Waals surface area contributed by atoms with Crippen molar-refractivity contribution in [2.75, 3.05) is 13.7 Å². The second-order valence-electron chi connectivity index (χ2n) is 4.25. The molecule has 3 nitrogen and oxygen atoms in total. The van der Waals surface area contributed by atoms with Gasteiger partial charge in [0.1, 0.15) is 5.75 Å². The summed E-state index contributed by atoms with van der Waals surface area (Å²) < 4.78 is 7.64. The second kappa shape index (κ2) is 5.73. The van der Waals surface area contributed by atoms with Gasteiger partial charge in [0, 0.05) is 18.1 Å². The van der Waals surface area contributed by atoms with E-state index in [1.54, 1.807) is 7.11 Å². The van der Waals surface area contributed by atoms with Gasteiger partial charge in [-0.15, -0.1) is 0 Å². The van der Waals surface area contributed by atoms with Crippen molar-refractivity contribution in [3.8, 4) is 5.75 Å². The van der Waals surface area contributed by atoms with Gasteiger partial charge in [-0.2, -0.15) is 0 Å². The Morgan fingerprint density at radius 2 is 2.06 bits per heavy atom. The molecular weight excluding hydrogens is 212 g/mol. The summed E-state index contributed by atoms with van der Waals surface area (Å²) in [5.41, 5.74) is 6.74. The van der Waals surface area contributed by atoms with E-state index in [-0.39, 0.29) is 0 Å². The molecule has 0 fully saturated rings. The molecule has 0 bridgehead atoms. The Morgan fingerprint density at radius 3 is 2.82 bits per heavy atom. The summed E-state index contributed by atoms with van der Waals surface area (Å²) in [6.07, 6.45) is 5.62. The molecule has 2 rings (SSSR count). The fraction of sp³-hybridized carbons (Fsp3) is 0.429. The van der Waals surface area contributed by atoms with Crippen molar-refractivity contribution in [3.63, 3.8) is 0 Å². The molecule has 0 unspecified atom stereocenters. The molecule has 0 spiro atoms. The quantitative estimate of drug-likeness (QED) is 0.778. The zero-order chi connectivity index (χ0) is 12.1. The second-order valence-corrected chi connectivity index (χ2v) is 4.25. The van der Waals surface area contributed by atoms with Gasteiger partial charge in [-0.05, 0) is 37.6 Å². The van der Waals surface area contributed by atoms with Gasteiger partial charge in [0.2, 0.25) is 0 Å². The van der Waals surface area contributed by atoms with E-state index in [4.69, 9.17) is 10.5 Å². The summed E-state index contributed by atoms with van der Waals surface area (Å²) in [6.45, 7) is 1.84. The molecule has 92 valence electrons. The van der Waals surface area contributed by atoms with Crippen LogP contribution in [0.5, 0.6) is 5.75 Å². The lowest BCUT2D eigenvalue weighted by molar-refractivity contribution is 0.420. The maximum absolute atomic E-state index is 5.49. The van der Waals surface area contributed by atoms with Crippen LogP contribution in [0, 0.1) is 0 Å². The van der Waals surface area contributed by atoms with E-state index in [0.717, 1.165) is 25.3 Å². The molecule has 1 heterocycles. The molecule has 0 aliphatic carbocycles. The van der Waals surface area contributed by atoms with Crippen LogP contribution in [-0.4, -0.2) is 18.2 Å². The number of nitrogens with zero attached hydrogens (tertiary/aromatic N) is 1. The van der Waals surface area contributed by atoms with E-state index < -0.39 is 0 Å². The van der Waals surface area contributed by atoms with E-state index in [1.807, 2.05) is 12.1 Å². The Balaban J connectivity index is 2.13. The molecule has 17 heavy (non-hydrogen) atoms. The number of hydrogen-bond acceptors (Lipinski definition) is 2. The third-order valence-corrected chi connectivity index (χ3v) is 3.10. The zero-order valence-electron chi connectivity index (χ0n) is 10.4. The fourth-order valence-electron chi connectivity index (χ4n) is 2.17. The Bertz CT molecular complexity index is 476. The van der Waals surface area contributed by atoms with Crippen molar-refractivity contribution < 1.29 is 4.74 Å². The normalized spacial score (nSPS) is 10.9. The number of aryl methyl sites for hydroxylation is 1. The standard InChI is InChI=1S/C14H20N2O/c1-17-14-7-5-6-13-12(14)8-11-16(13)10-4-2-3-9-15/h5-8,11H,2-4,9-10,15H2,1H3. The average molecular weight is 232 g/mol. The van der Waals surface area contributed by atoms with Crippen molar-refractivity contribution in [2.45, 2.75) is 25.8 Å². The number of benzene rings is 1. The van der Waals surface area contributed by atoms with E-state index >= 15 is 0 Å². The molecule has 0 saturated carbocycles. The summed E-state index contributed by atoms with van der Waals surface area (Å²) in [7, 11) is 1.72. The first kappa shape index (κ1) is 12.0. The van der Waals surface area contributed by atoms with Gasteiger partial charge in [-0.3, -0.25) is 0 Å². The number of nitrogens with two attached hydrogens (primary N) is 1. The van der Waals surface area contributed by atoms with Crippen LogP contribution in [0.25, 0.3) is 10.9 Å². The van der Waals surface area contributed by atoms with Crippen LogP contribution in [-0.2, 0) is 6.54 Å². The van der Waals surface area contributed by atoms with Crippen LogP contribution >= 0.6 is 0 Å². The maximum atomic E-state index is 5.49. The largest absolute Gasteiger partial charge is 0.496 e. The minimum Gasteiger partial charge on any atom is -0.496 e. The summed E-state index contributed by atoms with van der Waals surface area (Å²) in [6, 6.07) is 8.30. The first-order valence-electron chi connectivity index (χ1n) is 6.18. The van der Waals surface area contributed by atoms with Crippen LogP contribution in [0.1, 0.15) is 19.3 Å². The van der Waals surface area contributed by atoms with Gasteiger partial charge in [0.15, 0.2) is 0 Å². The number of methoxy groups -OCH3 is 1. The van der Waals surface area contributed by atoms with Crippen molar-refractivity contribution >= 4 is 10.9 Å². The average Bonchev–Trinajstić information content (AvgIpc) is 2.78. The molecule has 0 amide bonds. The van der Waals surface area contributed by atoms with Crippen LogP contribution in [0.15, 0.2) is 30.5 Å². The van der Waals surface area contributed by atoms with Crippen LogP contribution < -0.4 is 10.5 Å². The monoisotopic (exact) mass is 232 g/mol. The Labute approximate surface area is 102 Å². The van der Waals surface area contributed by atoms with Gasteiger partial charge < -0.3 is 15.0 Å². The number of rotatable bonds is 6. The molecule has 2 aromatic rings. The summed E-state index contributed by atoms with van der Waals surface area (Å²) in [5, 5.41) is 1.19.